The Bertz CT molecular complexity index is 409. The number of rotatable bonds is 5. The lowest BCUT2D eigenvalue weighted by molar-refractivity contribution is -0.139. The second kappa shape index (κ2) is 6.90. The predicted molar refractivity (Wildman–Crippen MR) is 77.1 cm³/mol. The maximum atomic E-state index is 11.2. The first kappa shape index (κ1) is 15.2. The van der Waals surface area contributed by atoms with Gasteiger partial charge >= 0.3 is 5.97 Å². The third-order valence-electron chi connectivity index (χ3n) is 2.92. The Morgan fingerprint density at radius 3 is 2.39 bits per heavy atom. The minimum absolute atomic E-state index is 0.250. The third kappa shape index (κ3) is 4.10. The van der Waals surface area contributed by atoms with E-state index >= 15 is 0 Å². The van der Waals surface area contributed by atoms with Crippen LogP contribution in [0.5, 0.6) is 0 Å². The molecule has 1 atom stereocenters. The fraction of sp³-hybridized carbons (Fsp3) is 0.500. The van der Waals surface area contributed by atoms with Gasteiger partial charge in [-0.15, -0.1) is 0 Å². The number of hydrogen-bond donors (Lipinski definition) is 1. The van der Waals surface area contributed by atoms with Crippen LogP contribution in [0.2, 0.25) is 0 Å². The molecule has 0 aliphatic carbocycles. The highest BCUT2D eigenvalue weighted by Gasteiger charge is 2.14. The zero-order valence-electron chi connectivity index (χ0n) is 11.3. The predicted octanol–water partition coefficient (Wildman–Crippen LogP) is 2.64. The van der Waals surface area contributed by atoms with Crippen molar-refractivity contribution in [2.24, 2.45) is 0 Å². The van der Waals surface area contributed by atoms with Crippen LogP contribution in [0.25, 0.3) is 0 Å². The molecule has 4 heteroatoms. The van der Waals surface area contributed by atoms with Crippen LogP contribution in [0, 0.1) is 20.8 Å². The number of esters is 1. The molecule has 0 aromatic heterocycles. The summed E-state index contributed by atoms with van der Waals surface area (Å²) in [6, 6.07) is 4.35. The van der Waals surface area contributed by atoms with Crippen LogP contribution in [0.3, 0.4) is 0 Å². The Kier molecular flexibility index (Phi) is 5.82. The molecule has 1 N–H and O–H groups in total. The molecule has 0 aliphatic rings. The Balaban J connectivity index is 2.57. The number of hydrogen-bond acceptors (Lipinski definition) is 3. The lowest BCUT2D eigenvalue weighted by atomic mass is 10.00. The van der Waals surface area contributed by atoms with Crippen molar-refractivity contribution >= 4 is 21.9 Å². The van der Waals surface area contributed by atoms with Gasteiger partial charge < -0.3 is 10.1 Å². The van der Waals surface area contributed by atoms with Crippen molar-refractivity contribution in [1.29, 1.82) is 0 Å². The van der Waals surface area contributed by atoms with Gasteiger partial charge in [-0.2, -0.15) is 0 Å². The lowest BCUT2D eigenvalue weighted by Gasteiger charge is -2.13. The average Bonchev–Trinajstić information content (AvgIpc) is 2.31. The van der Waals surface area contributed by atoms with Crippen molar-refractivity contribution in [3.63, 3.8) is 0 Å². The number of carbonyl (C=O) groups is 1. The van der Waals surface area contributed by atoms with Crippen molar-refractivity contribution in [3.8, 4) is 0 Å². The molecule has 0 saturated heterocycles. The molecule has 0 amide bonds. The van der Waals surface area contributed by atoms with Crippen LogP contribution in [0.1, 0.15) is 22.3 Å². The molecular weight excluding hydrogens is 294 g/mol. The molecule has 1 rings (SSSR count). The Morgan fingerprint density at radius 2 is 1.89 bits per heavy atom. The topological polar surface area (TPSA) is 38.3 Å². The van der Waals surface area contributed by atoms with Crippen molar-refractivity contribution < 1.29 is 9.53 Å². The summed E-state index contributed by atoms with van der Waals surface area (Å²) in [7, 11) is 1.39. The van der Waals surface area contributed by atoms with E-state index in [1.807, 2.05) is 0 Å². The lowest BCUT2D eigenvalue weighted by Crippen LogP contribution is -2.29. The number of benzene rings is 1. The molecule has 0 saturated carbocycles. The third-order valence-corrected chi connectivity index (χ3v) is 3.62. The number of methoxy groups -OCH3 is 1. The number of carbonyl (C=O) groups excluding carboxylic acids is 1. The van der Waals surface area contributed by atoms with Crippen LogP contribution in [-0.4, -0.2) is 24.5 Å². The van der Waals surface area contributed by atoms with E-state index in [1.165, 1.54) is 29.4 Å². The quantitative estimate of drug-likeness (QED) is 0.671. The smallest absolute Gasteiger partial charge is 0.320 e. The van der Waals surface area contributed by atoms with Crippen LogP contribution in [0.4, 0.5) is 0 Å². The molecular formula is C14H20BrNO2. The van der Waals surface area contributed by atoms with E-state index in [-0.39, 0.29) is 10.8 Å². The number of halogens is 1. The molecule has 0 heterocycles. The van der Waals surface area contributed by atoms with Crippen molar-refractivity contribution in [1.82, 2.24) is 5.32 Å². The van der Waals surface area contributed by atoms with Crippen LogP contribution in [0.15, 0.2) is 12.1 Å². The largest absolute Gasteiger partial charge is 0.468 e. The summed E-state index contributed by atoms with van der Waals surface area (Å²) in [4.78, 5) is 10.9. The fourth-order valence-corrected chi connectivity index (χ4v) is 2.44. The first-order valence-electron chi connectivity index (χ1n) is 5.95. The second-order valence-electron chi connectivity index (χ2n) is 4.50. The molecule has 0 radical (unpaired) electrons. The van der Waals surface area contributed by atoms with Gasteiger partial charge in [0.05, 0.1) is 7.11 Å². The van der Waals surface area contributed by atoms with E-state index in [2.05, 4.69) is 58.9 Å². The van der Waals surface area contributed by atoms with Gasteiger partial charge in [-0.1, -0.05) is 33.6 Å². The summed E-state index contributed by atoms with van der Waals surface area (Å²) in [6.07, 6.45) is 0. The van der Waals surface area contributed by atoms with E-state index in [4.69, 9.17) is 0 Å². The second-order valence-corrected chi connectivity index (χ2v) is 5.60. The monoisotopic (exact) mass is 313 g/mol. The van der Waals surface area contributed by atoms with Gasteiger partial charge in [0.2, 0.25) is 0 Å². The maximum Gasteiger partial charge on any atom is 0.320 e. The highest BCUT2D eigenvalue weighted by molar-refractivity contribution is 9.10. The molecule has 1 aromatic carbocycles. The molecule has 100 valence electrons. The summed E-state index contributed by atoms with van der Waals surface area (Å²) in [5.74, 6) is -0.250. The standard InChI is InChI=1S/C14H20BrNO2/c1-9-5-10(2)12(11(3)6-9)7-16-8-13(15)14(17)18-4/h5-6,13,16H,7-8H2,1-4H3. The summed E-state index contributed by atoms with van der Waals surface area (Å²) >= 11 is 3.29. The minimum atomic E-state index is -0.298. The average molecular weight is 314 g/mol. The first-order chi connectivity index (χ1) is 8.45. The molecule has 3 nitrogen and oxygen atoms in total. The van der Waals surface area contributed by atoms with Gasteiger partial charge in [0, 0.05) is 13.1 Å². The van der Waals surface area contributed by atoms with E-state index in [9.17, 15) is 4.79 Å². The number of nitrogens with one attached hydrogen (secondary N) is 1. The normalized spacial score (nSPS) is 12.3. The molecule has 0 bridgehead atoms. The minimum Gasteiger partial charge on any atom is -0.468 e. The Labute approximate surface area is 117 Å². The SMILES string of the molecule is COC(=O)C(Br)CNCc1c(C)cc(C)cc1C. The van der Waals surface area contributed by atoms with Gasteiger partial charge in [-0.05, 0) is 37.5 Å². The van der Waals surface area contributed by atoms with Gasteiger partial charge in [0.1, 0.15) is 4.83 Å². The molecule has 0 spiro atoms. The van der Waals surface area contributed by atoms with Gasteiger partial charge in [-0.25, -0.2) is 0 Å². The van der Waals surface area contributed by atoms with Crippen molar-refractivity contribution in [2.45, 2.75) is 32.1 Å². The van der Waals surface area contributed by atoms with E-state index in [0.717, 1.165) is 6.54 Å². The zero-order valence-corrected chi connectivity index (χ0v) is 12.9. The number of alkyl halides is 1. The molecule has 18 heavy (non-hydrogen) atoms. The first-order valence-corrected chi connectivity index (χ1v) is 6.86. The molecule has 1 unspecified atom stereocenters. The van der Waals surface area contributed by atoms with Gasteiger partial charge in [0.15, 0.2) is 0 Å². The summed E-state index contributed by atoms with van der Waals surface area (Å²) in [5, 5.41) is 3.27. The van der Waals surface area contributed by atoms with Crippen LogP contribution < -0.4 is 5.32 Å². The van der Waals surface area contributed by atoms with Crippen LogP contribution >= 0.6 is 15.9 Å². The maximum absolute atomic E-state index is 11.2. The number of ether oxygens (including phenoxy) is 1. The highest BCUT2D eigenvalue weighted by atomic mass is 79.9. The summed E-state index contributed by atoms with van der Waals surface area (Å²) in [6.45, 7) is 7.64. The number of aryl methyl sites for hydroxylation is 3. The Hall–Kier alpha value is -0.870. The van der Waals surface area contributed by atoms with E-state index in [0.29, 0.717) is 6.54 Å². The highest BCUT2D eigenvalue weighted by Crippen LogP contribution is 2.16. The zero-order chi connectivity index (χ0) is 13.7. The van der Waals surface area contributed by atoms with E-state index < -0.39 is 0 Å². The van der Waals surface area contributed by atoms with Crippen molar-refractivity contribution in [2.75, 3.05) is 13.7 Å². The van der Waals surface area contributed by atoms with Crippen molar-refractivity contribution in [3.05, 3.63) is 34.4 Å². The Morgan fingerprint density at radius 1 is 1.33 bits per heavy atom. The molecule has 0 fully saturated rings. The van der Waals surface area contributed by atoms with Crippen LogP contribution in [-0.2, 0) is 16.1 Å². The van der Waals surface area contributed by atoms with Gasteiger partial charge in [-0.3, -0.25) is 4.79 Å². The van der Waals surface area contributed by atoms with E-state index in [1.54, 1.807) is 0 Å². The molecule has 0 aliphatic heterocycles. The van der Waals surface area contributed by atoms with Gasteiger partial charge in [0.25, 0.3) is 0 Å². The fourth-order valence-electron chi connectivity index (χ4n) is 2.02. The molecule has 1 aromatic rings. The summed E-state index contributed by atoms with van der Waals surface area (Å²) in [5.41, 5.74) is 5.14. The summed E-state index contributed by atoms with van der Waals surface area (Å²) < 4.78 is 4.65.